The molecular formula is C22H24F3N5O3S. The number of halogens is 3. The first-order valence-electron chi connectivity index (χ1n) is 10.7. The van der Waals surface area contributed by atoms with Gasteiger partial charge in [0.25, 0.3) is 5.91 Å². The highest BCUT2D eigenvalue weighted by Crippen LogP contribution is 2.30. The molecule has 3 N–H and O–H groups in total. The van der Waals surface area contributed by atoms with Gasteiger partial charge in [-0.15, -0.1) is 0 Å². The molecule has 0 saturated heterocycles. The minimum Gasteiger partial charge on any atom is -0.368 e. The lowest BCUT2D eigenvalue weighted by atomic mass is 9.91. The number of alkyl halides is 3. The number of fused-ring (bicyclic) bond motifs is 1. The topological polar surface area (TPSA) is 105 Å². The third-order valence-electron chi connectivity index (χ3n) is 5.65. The first-order valence-corrected chi connectivity index (χ1v) is 12.6. The van der Waals surface area contributed by atoms with Crippen molar-refractivity contribution in [2.45, 2.75) is 43.9 Å². The number of nitrogens with one attached hydrogen (secondary N) is 3. The number of rotatable bonds is 6. The second kappa shape index (κ2) is 9.16. The second-order valence-electron chi connectivity index (χ2n) is 8.38. The van der Waals surface area contributed by atoms with Crippen molar-refractivity contribution >= 4 is 33.1 Å². The van der Waals surface area contributed by atoms with Crippen LogP contribution in [0.1, 0.15) is 41.7 Å². The molecule has 1 fully saturated rings. The number of aromatic nitrogens is 2. The molecule has 2 aromatic heterocycles. The van der Waals surface area contributed by atoms with Crippen LogP contribution in [-0.2, 0) is 16.2 Å². The molecule has 0 unspecified atom stereocenters. The van der Waals surface area contributed by atoms with Gasteiger partial charge in [-0.1, -0.05) is 6.07 Å². The summed E-state index contributed by atoms with van der Waals surface area (Å²) in [4.78, 5) is 16.2. The van der Waals surface area contributed by atoms with Gasteiger partial charge in [-0.25, -0.2) is 13.4 Å². The molecule has 4 rings (SSSR count). The minimum absolute atomic E-state index is 0.0276. The molecule has 3 aromatic rings. The van der Waals surface area contributed by atoms with E-state index in [1.54, 1.807) is 24.3 Å². The Hall–Kier alpha value is -3.28. The first kappa shape index (κ1) is 23.9. The normalized spacial score (nSPS) is 19.1. The van der Waals surface area contributed by atoms with Crippen LogP contribution in [0.3, 0.4) is 0 Å². The van der Waals surface area contributed by atoms with Gasteiger partial charge in [0, 0.05) is 29.5 Å². The lowest BCUT2D eigenvalue weighted by Crippen LogP contribution is -2.40. The van der Waals surface area contributed by atoms with E-state index >= 15 is 0 Å². The molecule has 34 heavy (non-hydrogen) atoms. The molecule has 0 spiro atoms. The third kappa shape index (κ3) is 5.79. The van der Waals surface area contributed by atoms with Gasteiger partial charge in [0.2, 0.25) is 10.0 Å². The van der Waals surface area contributed by atoms with Crippen molar-refractivity contribution < 1.29 is 26.4 Å². The van der Waals surface area contributed by atoms with Crippen LogP contribution in [0, 0.1) is 0 Å². The molecule has 182 valence electrons. The number of amides is 1. The van der Waals surface area contributed by atoms with E-state index in [9.17, 15) is 26.4 Å². The average Bonchev–Trinajstić information content (AvgIpc) is 3.21. The van der Waals surface area contributed by atoms with E-state index in [4.69, 9.17) is 0 Å². The van der Waals surface area contributed by atoms with Gasteiger partial charge in [-0.05, 0) is 62.1 Å². The molecule has 0 bridgehead atoms. The van der Waals surface area contributed by atoms with Crippen molar-refractivity contribution in [3.8, 4) is 0 Å². The fourth-order valence-corrected chi connectivity index (χ4v) is 4.59. The Labute approximate surface area is 194 Å². The van der Waals surface area contributed by atoms with E-state index in [0.29, 0.717) is 29.9 Å². The van der Waals surface area contributed by atoms with Crippen molar-refractivity contribution in [1.82, 2.24) is 14.7 Å². The van der Waals surface area contributed by atoms with Crippen LogP contribution in [0.15, 0.2) is 48.7 Å². The maximum Gasteiger partial charge on any atom is 0.434 e. The fourth-order valence-electron chi connectivity index (χ4n) is 4.03. The largest absolute Gasteiger partial charge is 0.434 e. The molecule has 12 heteroatoms. The van der Waals surface area contributed by atoms with Gasteiger partial charge in [-0.3, -0.25) is 13.9 Å². The van der Waals surface area contributed by atoms with E-state index in [-0.39, 0.29) is 23.6 Å². The lowest BCUT2D eigenvalue weighted by Gasteiger charge is -2.30. The highest BCUT2D eigenvalue weighted by molar-refractivity contribution is 7.92. The summed E-state index contributed by atoms with van der Waals surface area (Å²) in [6.45, 7) is 0. The van der Waals surface area contributed by atoms with Crippen LogP contribution < -0.4 is 15.4 Å². The Kier molecular flexibility index (Phi) is 6.43. The minimum atomic E-state index is -4.51. The van der Waals surface area contributed by atoms with Gasteiger partial charge >= 0.3 is 6.18 Å². The number of sulfonamides is 1. The van der Waals surface area contributed by atoms with Crippen LogP contribution >= 0.6 is 0 Å². The zero-order valence-electron chi connectivity index (χ0n) is 18.3. The number of imidazole rings is 1. The predicted octanol–water partition coefficient (Wildman–Crippen LogP) is 3.88. The van der Waals surface area contributed by atoms with Gasteiger partial charge in [0.1, 0.15) is 11.5 Å². The average molecular weight is 496 g/mol. The lowest BCUT2D eigenvalue weighted by molar-refractivity contribution is -0.140. The Bertz CT molecular complexity index is 1280. The monoisotopic (exact) mass is 495 g/mol. The first-order chi connectivity index (χ1) is 16.0. The molecule has 0 atom stereocenters. The van der Waals surface area contributed by atoms with E-state index in [0.717, 1.165) is 25.3 Å². The number of hydrogen-bond acceptors (Lipinski definition) is 5. The Morgan fingerprint density at radius 2 is 1.68 bits per heavy atom. The third-order valence-corrected chi connectivity index (χ3v) is 6.25. The molecule has 0 aliphatic heterocycles. The van der Waals surface area contributed by atoms with Crippen LogP contribution in [-0.4, -0.2) is 42.0 Å². The SMILES string of the molecule is CS(=O)(=O)Nc1ccc(C(=O)N[C@H]2CC[C@@H](Nc3cccc4nc(C(F)(F)F)cn34)CC2)cc1. The van der Waals surface area contributed by atoms with E-state index < -0.39 is 21.9 Å². The summed E-state index contributed by atoms with van der Waals surface area (Å²) >= 11 is 0. The summed E-state index contributed by atoms with van der Waals surface area (Å²) in [5.41, 5.74) is 0.0804. The molecule has 8 nitrogen and oxygen atoms in total. The molecule has 1 aliphatic rings. The molecule has 1 aliphatic carbocycles. The summed E-state index contributed by atoms with van der Waals surface area (Å²) in [6.07, 6.45) is 0.424. The number of carbonyl (C=O) groups is 1. The number of nitrogens with zero attached hydrogens (tertiary/aromatic N) is 2. The maximum absolute atomic E-state index is 13.0. The van der Waals surface area contributed by atoms with Crippen LogP contribution in [0.5, 0.6) is 0 Å². The Morgan fingerprint density at radius 1 is 1.03 bits per heavy atom. The highest BCUT2D eigenvalue weighted by Gasteiger charge is 2.34. The van der Waals surface area contributed by atoms with E-state index in [2.05, 4.69) is 20.3 Å². The van der Waals surface area contributed by atoms with Crippen molar-refractivity contribution in [2.75, 3.05) is 16.3 Å². The summed E-state index contributed by atoms with van der Waals surface area (Å²) in [5, 5.41) is 6.30. The van der Waals surface area contributed by atoms with Gasteiger partial charge in [0.15, 0.2) is 5.69 Å². The zero-order chi connectivity index (χ0) is 24.5. The predicted molar refractivity (Wildman–Crippen MR) is 122 cm³/mol. The number of anilines is 2. The van der Waals surface area contributed by atoms with Gasteiger partial charge < -0.3 is 10.6 Å². The second-order valence-corrected chi connectivity index (χ2v) is 10.1. The summed E-state index contributed by atoms with van der Waals surface area (Å²) in [6, 6.07) is 11.1. The number of hydrogen-bond donors (Lipinski definition) is 3. The van der Waals surface area contributed by atoms with Crippen molar-refractivity contribution in [3.05, 3.63) is 59.9 Å². The number of benzene rings is 1. The Morgan fingerprint density at radius 3 is 2.29 bits per heavy atom. The molecule has 0 radical (unpaired) electrons. The van der Waals surface area contributed by atoms with Crippen LogP contribution in [0.25, 0.3) is 5.65 Å². The standard InChI is InChI=1S/C22H24F3N5O3S/c1-34(32,33)29-17-7-5-14(6-8-17)21(31)27-16-11-9-15(10-12-16)26-19-3-2-4-20-28-18(13-30(19)20)22(23,24)25/h2-8,13,15-16,26,29H,9-12H2,1H3,(H,27,31)/t15-,16+. The van der Waals surface area contributed by atoms with Crippen LogP contribution in [0.2, 0.25) is 0 Å². The molecule has 1 amide bonds. The summed E-state index contributed by atoms with van der Waals surface area (Å²) in [7, 11) is -3.39. The van der Waals surface area contributed by atoms with Gasteiger partial charge in [-0.2, -0.15) is 13.2 Å². The maximum atomic E-state index is 13.0. The molecule has 1 aromatic carbocycles. The summed E-state index contributed by atoms with van der Waals surface area (Å²) < 4.78 is 65.4. The number of carbonyl (C=O) groups excluding carboxylic acids is 1. The molecule has 1 saturated carbocycles. The number of pyridine rings is 1. The van der Waals surface area contributed by atoms with Gasteiger partial charge in [0.05, 0.1) is 6.26 Å². The fraction of sp³-hybridized carbons (Fsp3) is 0.364. The Balaban J connectivity index is 1.32. The van der Waals surface area contributed by atoms with E-state index in [1.165, 1.54) is 22.6 Å². The van der Waals surface area contributed by atoms with Crippen molar-refractivity contribution in [3.63, 3.8) is 0 Å². The quantitative estimate of drug-likeness (QED) is 0.482. The van der Waals surface area contributed by atoms with Crippen molar-refractivity contribution in [2.24, 2.45) is 0 Å². The molecular weight excluding hydrogens is 471 g/mol. The van der Waals surface area contributed by atoms with E-state index in [1.807, 2.05) is 0 Å². The van der Waals surface area contributed by atoms with Crippen LogP contribution in [0.4, 0.5) is 24.7 Å². The summed E-state index contributed by atoms with van der Waals surface area (Å²) in [5.74, 6) is 0.293. The zero-order valence-corrected chi connectivity index (χ0v) is 19.1. The molecule has 2 heterocycles. The van der Waals surface area contributed by atoms with Crippen molar-refractivity contribution in [1.29, 1.82) is 0 Å². The smallest absolute Gasteiger partial charge is 0.368 e. The highest BCUT2D eigenvalue weighted by atomic mass is 32.2.